The lowest BCUT2D eigenvalue weighted by Crippen LogP contribution is -1.95. The van der Waals surface area contributed by atoms with E-state index in [1.807, 2.05) is 22.9 Å². The van der Waals surface area contributed by atoms with Crippen molar-refractivity contribution < 1.29 is 4.39 Å². The number of halogens is 1. The van der Waals surface area contributed by atoms with Gasteiger partial charge in [-0.05, 0) is 18.2 Å². The molecule has 0 aliphatic carbocycles. The molecule has 0 saturated carbocycles. The Morgan fingerprint density at radius 2 is 2.38 bits per heavy atom. The van der Waals surface area contributed by atoms with Crippen molar-refractivity contribution in [3.63, 3.8) is 0 Å². The first-order valence-electron chi connectivity index (χ1n) is 4.84. The highest BCUT2D eigenvalue weighted by Gasteiger charge is 2.05. The van der Waals surface area contributed by atoms with Gasteiger partial charge in [-0.25, -0.2) is 9.37 Å². The standard InChI is InChI=1S/C12H11FN2S/c1-2-8-16-12-14-6-7-15(12)11-5-3-4-10(13)9-11/h2-7,9H,1,8H2. The molecule has 0 N–H and O–H groups in total. The van der Waals surface area contributed by atoms with E-state index in [0.29, 0.717) is 0 Å². The molecule has 82 valence electrons. The van der Waals surface area contributed by atoms with Gasteiger partial charge >= 0.3 is 0 Å². The number of hydrogen-bond acceptors (Lipinski definition) is 2. The van der Waals surface area contributed by atoms with Crippen LogP contribution in [0.1, 0.15) is 0 Å². The summed E-state index contributed by atoms with van der Waals surface area (Å²) in [5.41, 5.74) is 0.782. The van der Waals surface area contributed by atoms with E-state index in [0.717, 1.165) is 16.6 Å². The van der Waals surface area contributed by atoms with Crippen molar-refractivity contribution >= 4 is 11.8 Å². The first-order chi connectivity index (χ1) is 7.81. The van der Waals surface area contributed by atoms with E-state index >= 15 is 0 Å². The molecule has 0 fully saturated rings. The van der Waals surface area contributed by atoms with E-state index in [1.54, 1.807) is 24.0 Å². The zero-order valence-corrected chi connectivity index (χ0v) is 9.45. The van der Waals surface area contributed by atoms with Crippen LogP contribution in [0.2, 0.25) is 0 Å². The van der Waals surface area contributed by atoms with E-state index in [2.05, 4.69) is 11.6 Å². The lowest BCUT2D eigenvalue weighted by Gasteiger charge is -2.06. The molecule has 0 amide bonds. The average Bonchev–Trinajstić information content (AvgIpc) is 2.74. The summed E-state index contributed by atoms with van der Waals surface area (Å²) < 4.78 is 14.9. The summed E-state index contributed by atoms with van der Waals surface area (Å²) in [5, 5.41) is 0.838. The van der Waals surface area contributed by atoms with Crippen molar-refractivity contribution in [1.82, 2.24) is 9.55 Å². The second-order valence-electron chi connectivity index (χ2n) is 3.16. The maximum absolute atomic E-state index is 13.1. The third-order valence-electron chi connectivity index (χ3n) is 2.02. The maximum Gasteiger partial charge on any atom is 0.172 e. The number of aromatic nitrogens is 2. The summed E-state index contributed by atoms with van der Waals surface area (Å²) >= 11 is 1.57. The first kappa shape index (κ1) is 11.0. The fourth-order valence-electron chi connectivity index (χ4n) is 1.35. The van der Waals surface area contributed by atoms with Crippen LogP contribution in [0.5, 0.6) is 0 Å². The Kier molecular flexibility index (Phi) is 3.41. The van der Waals surface area contributed by atoms with Crippen LogP contribution in [-0.4, -0.2) is 15.3 Å². The first-order valence-corrected chi connectivity index (χ1v) is 5.83. The fraction of sp³-hybridized carbons (Fsp3) is 0.0833. The second-order valence-corrected chi connectivity index (χ2v) is 4.15. The van der Waals surface area contributed by atoms with Crippen molar-refractivity contribution in [3.05, 3.63) is 55.1 Å². The molecule has 0 atom stereocenters. The number of benzene rings is 1. The predicted molar refractivity (Wildman–Crippen MR) is 64.4 cm³/mol. The summed E-state index contributed by atoms with van der Waals surface area (Å²) in [5.74, 6) is 0.539. The average molecular weight is 234 g/mol. The number of rotatable bonds is 4. The van der Waals surface area contributed by atoms with Crippen molar-refractivity contribution in [2.24, 2.45) is 0 Å². The van der Waals surface area contributed by atoms with Gasteiger partial charge in [-0.2, -0.15) is 0 Å². The van der Waals surface area contributed by atoms with Crippen molar-refractivity contribution in [2.75, 3.05) is 5.75 Å². The van der Waals surface area contributed by atoms with E-state index in [-0.39, 0.29) is 5.82 Å². The summed E-state index contributed by atoms with van der Waals surface area (Å²) in [7, 11) is 0. The van der Waals surface area contributed by atoms with Gasteiger partial charge in [0.2, 0.25) is 0 Å². The van der Waals surface area contributed by atoms with Crippen molar-refractivity contribution in [1.29, 1.82) is 0 Å². The Balaban J connectivity index is 2.32. The molecule has 2 nitrogen and oxygen atoms in total. The summed E-state index contributed by atoms with van der Waals surface area (Å²) in [6.45, 7) is 3.66. The molecule has 16 heavy (non-hydrogen) atoms. The molecule has 0 spiro atoms. The lowest BCUT2D eigenvalue weighted by molar-refractivity contribution is 0.626. The Morgan fingerprint density at radius 1 is 1.50 bits per heavy atom. The molecule has 0 unspecified atom stereocenters. The highest BCUT2D eigenvalue weighted by Crippen LogP contribution is 2.20. The summed E-state index contributed by atoms with van der Waals surface area (Å²) in [6, 6.07) is 6.45. The molecule has 0 radical (unpaired) electrons. The zero-order valence-electron chi connectivity index (χ0n) is 8.64. The number of thioether (sulfide) groups is 1. The molecule has 2 aromatic rings. The SMILES string of the molecule is C=CCSc1nccn1-c1cccc(F)c1. The molecule has 1 aromatic carbocycles. The molecule has 0 bridgehead atoms. The number of hydrogen-bond donors (Lipinski definition) is 0. The van der Waals surface area contributed by atoms with Gasteiger partial charge in [0.25, 0.3) is 0 Å². The van der Waals surface area contributed by atoms with Gasteiger partial charge in [-0.3, -0.25) is 4.57 Å². The van der Waals surface area contributed by atoms with E-state index in [9.17, 15) is 4.39 Å². The third-order valence-corrected chi connectivity index (χ3v) is 2.99. The van der Waals surface area contributed by atoms with Crippen molar-refractivity contribution in [3.8, 4) is 5.69 Å². The van der Waals surface area contributed by atoms with Gasteiger partial charge in [0.05, 0.1) is 5.69 Å². The van der Waals surface area contributed by atoms with Crippen LogP contribution in [-0.2, 0) is 0 Å². The van der Waals surface area contributed by atoms with Gasteiger partial charge in [0.1, 0.15) is 5.82 Å². The predicted octanol–water partition coefficient (Wildman–Crippen LogP) is 3.29. The molecular formula is C12H11FN2S. The highest BCUT2D eigenvalue weighted by atomic mass is 32.2. The Morgan fingerprint density at radius 3 is 3.12 bits per heavy atom. The van der Waals surface area contributed by atoms with Crippen LogP contribution in [0.4, 0.5) is 4.39 Å². The summed E-state index contributed by atoms with van der Waals surface area (Å²) in [6.07, 6.45) is 5.34. The Labute approximate surface area is 97.8 Å². The van der Waals surface area contributed by atoms with Gasteiger partial charge in [0.15, 0.2) is 5.16 Å². The van der Waals surface area contributed by atoms with Crippen LogP contribution in [0.3, 0.4) is 0 Å². The molecule has 1 heterocycles. The molecular weight excluding hydrogens is 223 g/mol. The van der Waals surface area contributed by atoms with Crippen molar-refractivity contribution in [2.45, 2.75) is 5.16 Å². The quantitative estimate of drug-likeness (QED) is 0.596. The minimum atomic E-state index is -0.245. The van der Waals surface area contributed by atoms with E-state index in [1.165, 1.54) is 12.1 Å². The normalized spacial score (nSPS) is 10.3. The largest absolute Gasteiger partial charge is 0.295 e. The van der Waals surface area contributed by atoms with Crippen LogP contribution < -0.4 is 0 Å². The Hall–Kier alpha value is -1.55. The maximum atomic E-state index is 13.1. The fourth-order valence-corrected chi connectivity index (χ4v) is 2.06. The van der Waals surface area contributed by atoms with Crippen LogP contribution >= 0.6 is 11.8 Å². The third kappa shape index (κ3) is 2.33. The van der Waals surface area contributed by atoms with Gasteiger partial charge in [-0.15, -0.1) is 6.58 Å². The highest BCUT2D eigenvalue weighted by molar-refractivity contribution is 7.99. The zero-order chi connectivity index (χ0) is 11.4. The number of nitrogens with zero attached hydrogens (tertiary/aromatic N) is 2. The van der Waals surface area contributed by atoms with Gasteiger partial charge in [0, 0.05) is 18.1 Å². The molecule has 0 saturated heterocycles. The van der Waals surface area contributed by atoms with E-state index < -0.39 is 0 Å². The number of imidazole rings is 1. The second kappa shape index (κ2) is 4.99. The molecule has 2 rings (SSSR count). The van der Waals surface area contributed by atoms with Gasteiger partial charge in [-0.1, -0.05) is 23.9 Å². The lowest BCUT2D eigenvalue weighted by atomic mass is 10.3. The van der Waals surface area contributed by atoms with Crippen LogP contribution in [0, 0.1) is 5.82 Å². The van der Waals surface area contributed by atoms with Crippen LogP contribution in [0.15, 0.2) is 54.5 Å². The minimum absolute atomic E-state index is 0.245. The van der Waals surface area contributed by atoms with Crippen LogP contribution in [0.25, 0.3) is 5.69 Å². The smallest absolute Gasteiger partial charge is 0.172 e. The molecule has 0 aliphatic heterocycles. The van der Waals surface area contributed by atoms with Gasteiger partial charge < -0.3 is 0 Å². The van der Waals surface area contributed by atoms with E-state index in [4.69, 9.17) is 0 Å². The topological polar surface area (TPSA) is 17.8 Å². The molecule has 0 aliphatic rings. The monoisotopic (exact) mass is 234 g/mol. The molecule has 4 heteroatoms. The molecule has 1 aromatic heterocycles. The summed E-state index contributed by atoms with van der Waals surface area (Å²) in [4.78, 5) is 4.22. The Bertz CT molecular complexity index is 493. The minimum Gasteiger partial charge on any atom is -0.295 e.